The van der Waals surface area contributed by atoms with Gasteiger partial charge in [-0.25, -0.2) is 0 Å². The minimum Gasteiger partial charge on any atom is -0.797 e. The van der Waals surface area contributed by atoms with Crippen molar-refractivity contribution in [3.8, 4) is 0 Å². The summed E-state index contributed by atoms with van der Waals surface area (Å²) in [5.41, 5.74) is 1.77. The highest BCUT2D eigenvalue weighted by Crippen LogP contribution is 2.01. The summed E-state index contributed by atoms with van der Waals surface area (Å²) >= 11 is 0. The van der Waals surface area contributed by atoms with Gasteiger partial charge in [0.25, 0.3) is 0 Å². The predicted octanol–water partition coefficient (Wildman–Crippen LogP) is 0.667. The van der Waals surface area contributed by atoms with Gasteiger partial charge in [0.1, 0.15) is 0 Å². The molecule has 0 spiro atoms. The van der Waals surface area contributed by atoms with Gasteiger partial charge in [-0.2, -0.15) is 0 Å². The van der Waals surface area contributed by atoms with Crippen molar-refractivity contribution in [2.75, 3.05) is 0 Å². The molecular weight excluding hydrogens is 208 g/mol. The first-order valence-electron chi connectivity index (χ1n) is 5.49. The number of para-hydroxylation sites is 1. The molecule has 2 nitrogen and oxygen atoms in total. The second kappa shape index (κ2) is 3.85. The Morgan fingerprint density at radius 2 is 1.53 bits per heavy atom. The molecule has 0 aliphatic carbocycles. The van der Waals surface area contributed by atoms with Crippen LogP contribution in [0.2, 0.25) is 0 Å². The molecule has 0 unspecified atom stereocenters. The van der Waals surface area contributed by atoms with Crippen LogP contribution >= 0.6 is 0 Å². The smallest absolute Gasteiger partial charge is 0.335 e. The van der Waals surface area contributed by atoms with Gasteiger partial charge < -0.3 is 5.41 Å². The average Bonchev–Trinajstić information content (AvgIpc) is 2.39. The summed E-state index contributed by atoms with van der Waals surface area (Å²) in [4.78, 5) is 0. The van der Waals surface area contributed by atoms with E-state index in [1.807, 2.05) is 54.6 Å². The van der Waals surface area contributed by atoms with Crippen molar-refractivity contribution in [2.24, 2.45) is 0 Å². The lowest BCUT2D eigenvalue weighted by atomic mass is 10.0. The fraction of sp³-hybridized carbons (Fsp3) is 0. The Morgan fingerprint density at radius 1 is 0.824 bits per heavy atom. The molecule has 0 atom stereocenters. The Morgan fingerprint density at radius 3 is 2.35 bits per heavy atom. The van der Waals surface area contributed by atoms with E-state index in [4.69, 9.17) is 0 Å². The Balaban J connectivity index is 2.36. The molecule has 2 heteroatoms. The minimum absolute atomic E-state index is 0.218. The van der Waals surface area contributed by atoms with Crippen LogP contribution in [0.4, 0.5) is 0 Å². The standard InChI is InChI=1S/C15H10N2/c16-13-10-12-8-4-5-9-14(12)17-15(13)11-6-2-1-3-7-11/h1-10H. The van der Waals surface area contributed by atoms with E-state index in [2.05, 4.69) is 4.67 Å². The van der Waals surface area contributed by atoms with Crippen molar-refractivity contribution in [1.82, 2.24) is 4.67 Å². The van der Waals surface area contributed by atoms with Crippen molar-refractivity contribution in [3.05, 3.63) is 76.1 Å². The van der Waals surface area contributed by atoms with E-state index in [0.29, 0.717) is 5.71 Å². The first kappa shape index (κ1) is 9.76. The third kappa shape index (κ3) is 1.71. The molecule has 0 amide bonds. The Kier molecular flexibility index (Phi) is 2.21. The van der Waals surface area contributed by atoms with E-state index in [0.717, 1.165) is 16.1 Å². The molecule has 0 N–H and O–H groups in total. The maximum atomic E-state index is 10.00. The largest absolute Gasteiger partial charge is 0.797 e. The van der Waals surface area contributed by atoms with Crippen LogP contribution in [0.1, 0.15) is 5.56 Å². The molecule has 1 heterocycles. The van der Waals surface area contributed by atoms with Crippen molar-refractivity contribution >= 4 is 17.5 Å². The first-order valence-corrected chi connectivity index (χ1v) is 5.49. The number of fused-ring (bicyclic) bond motifs is 1. The Bertz CT molecular complexity index is 736. The first-order chi connectivity index (χ1) is 8.34. The molecule has 1 aliphatic rings. The van der Waals surface area contributed by atoms with Crippen molar-refractivity contribution in [1.29, 1.82) is 0 Å². The van der Waals surface area contributed by atoms with Gasteiger partial charge in [-0.1, -0.05) is 46.8 Å². The van der Waals surface area contributed by atoms with Gasteiger partial charge in [-0.3, -0.25) is 0 Å². The zero-order valence-electron chi connectivity index (χ0n) is 9.17. The molecule has 2 aromatic carbocycles. The summed E-state index contributed by atoms with van der Waals surface area (Å²) in [6.45, 7) is 0. The second-order valence-electron chi connectivity index (χ2n) is 3.91. The van der Waals surface area contributed by atoms with Crippen LogP contribution in [0.25, 0.3) is 11.5 Å². The minimum atomic E-state index is 0.218. The molecule has 3 rings (SSSR count). The molecule has 17 heavy (non-hydrogen) atoms. The van der Waals surface area contributed by atoms with E-state index in [1.54, 1.807) is 6.08 Å². The Hall–Kier alpha value is -2.44. The van der Waals surface area contributed by atoms with E-state index in [-0.39, 0.29) is 5.71 Å². The van der Waals surface area contributed by atoms with Crippen LogP contribution in [0.15, 0.2) is 54.6 Å². The molecule has 0 aromatic heterocycles. The van der Waals surface area contributed by atoms with Crippen molar-refractivity contribution in [2.45, 2.75) is 0 Å². The fourth-order valence-electron chi connectivity index (χ4n) is 1.91. The number of rotatable bonds is 1. The molecule has 0 bridgehead atoms. The second-order valence-corrected chi connectivity index (χ2v) is 3.91. The zero-order chi connectivity index (χ0) is 11.7. The van der Waals surface area contributed by atoms with Gasteiger partial charge in [0, 0.05) is 6.07 Å². The molecule has 0 saturated carbocycles. The van der Waals surface area contributed by atoms with Crippen LogP contribution in [-0.4, -0.2) is 11.4 Å². The van der Waals surface area contributed by atoms with Gasteiger partial charge in [-0.15, -0.1) is 0 Å². The van der Waals surface area contributed by atoms with Crippen LogP contribution in [0.3, 0.4) is 0 Å². The van der Waals surface area contributed by atoms with E-state index in [9.17, 15) is 5.41 Å². The summed E-state index contributed by atoms with van der Waals surface area (Å²) in [6, 6.07) is 17.5. The monoisotopic (exact) mass is 218 g/mol. The van der Waals surface area contributed by atoms with Gasteiger partial charge in [0.15, 0.2) is 0 Å². The highest BCUT2D eigenvalue weighted by atomic mass is 14.6. The third-order valence-electron chi connectivity index (χ3n) is 2.75. The zero-order valence-corrected chi connectivity index (χ0v) is 9.17. The lowest BCUT2D eigenvalue weighted by Gasteiger charge is -2.03. The highest BCUT2D eigenvalue weighted by Gasteiger charge is 2.15. The third-order valence-corrected chi connectivity index (χ3v) is 2.75. The molecule has 0 radical (unpaired) electrons. The van der Waals surface area contributed by atoms with Gasteiger partial charge in [-0.05, 0) is 18.2 Å². The van der Waals surface area contributed by atoms with Crippen LogP contribution in [0, 0.1) is 0 Å². The summed E-state index contributed by atoms with van der Waals surface area (Å²) in [6.07, 6.45) is 1.75. The van der Waals surface area contributed by atoms with Gasteiger partial charge in [0.2, 0.25) is 0 Å². The quantitative estimate of drug-likeness (QED) is 0.631. The number of hydrogen-bond acceptors (Lipinski definition) is 0. The molecule has 80 valence electrons. The number of hydrogen-bond donors (Lipinski definition) is 0. The number of benzene rings is 2. The predicted molar refractivity (Wildman–Crippen MR) is 70.3 cm³/mol. The molecular formula is C15H10N2. The fourth-order valence-corrected chi connectivity index (χ4v) is 1.91. The molecule has 0 saturated heterocycles. The maximum Gasteiger partial charge on any atom is 0.335 e. The van der Waals surface area contributed by atoms with Crippen LogP contribution < -0.4 is 15.2 Å². The van der Waals surface area contributed by atoms with E-state index < -0.39 is 0 Å². The number of nitrogens with zero attached hydrogens (tertiary/aromatic N) is 2. The van der Waals surface area contributed by atoms with Crippen molar-refractivity contribution < 1.29 is 0 Å². The van der Waals surface area contributed by atoms with Crippen LogP contribution in [0.5, 0.6) is 0 Å². The van der Waals surface area contributed by atoms with Gasteiger partial charge in [0.05, 0.1) is 10.8 Å². The normalized spacial score (nSPS) is 13.2. The van der Waals surface area contributed by atoms with Gasteiger partial charge >= 0.3 is 11.1 Å². The molecule has 1 aliphatic heterocycles. The van der Waals surface area contributed by atoms with Crippen molar-refractivity contribution in [3.63, 3.8) is 0 Å². The molecule has 0 fully saturated rings. The Labute approximate surface area is 98.8 Å². The SMILES string of the molecule is [N-]=C1C=c2ccccc2=[N+]=C1c1ccccc1. The maximum absolute atomic E-state index is 10.00. The lowest BCUT2D eigenvalue weighted by Crippen LogP contribution is -2.36. The summed E-state index contributed by atoms with van der Waals surface area (Å²) in [7, 11) is 0. The summed E-state index contributed by atoms with van der Waals surface area (Å²) < 4.78 is 4.50. The summed E-state index contributed by atoms with van der Waals surface area (Å²) in [5, 5.41) is 11.8. The molecule has 2 aromatic rings. The highest BCUT2D eigenvalue weighted by molar-refractivity contribution is 6.58. The van der Waals surface area contributed by atoms with Crippen LogP contribution in [-0.2, 0) is 0 Å². The average molecular weight is 218 g/mol. The van der Waals surface area contributed by atoms with E-state index in [1.165, 1.54) is 0 Å². The topological polar surface area (TPSA) is 36.4 Å². The summed E-state index contributed by atoms with van der Waals surface area (Å²) in [5.74, 6) is 0. The van der Waals surface area contributed by atoms with E-state index >= 15 is 0 Å². The lowest BCUT2D eigenvalue weighted by molar-refractivity contribution is 1.31.